The standard InChI is InChI=1S/C20H30N4O3/c1-14(13-27-2)24-18(23-17-5-4-12-21-20(17)24)6-3-7-19(26)22-15-8-10-16(25)11-9-15/h4-5,12,14-16,25H,3,6-11,13H2,1-2H3,(H,22,26). The van der Waals surface area contributed by atoms with Crippen molar-refractivity contribution in [3.05, 3.63) is 24.2 Å². The first-order chi connectivity index (χ1) is 13.1. The van der Waals surface area contributed by atoms with Crippen LogP contribution in [0.4, 0.5) is 0 Å². The van der Waals surface area contributed by atoms with Crippen LogP contribution >= 0.6 is 0 Å². The molecule has 2 aromatic rings. The van der Waals surface area contributed by atoms with E-state index in [1.165, 1.54) is 0 Å². The number of pyridine rings is 1. The number of aryl methyl sites for hydroxylation is 1. The molecule has 0 bridgehead atoms. The monoisotopic (exact) mass is 374 g/mol. The molecule has 0 radical (unpaired) electrons. The molecule has 7 nitrogen and oxygen atoms in total. The van der Waals surface area contributed by atoms with Crippen LogP contribution in [0.25, 0.3) is 11.2 Å². The molecule has 7 heteroatoms. The minimum absolute atomic E-state index is 0.0853. The third kappa shape index (κ3) is 5.05. The van der Waals surface area contributed by atoms with Gasteiger partial charge in [0.15, 0.2) is 5.65 Å². The second-order valence-corrected chi connectivity index (χ2v) is 7.48. The van der Waals surface area contributed by atoms with E-state index in [0.29, 0.717) is 13.0 Å². The number of aliphatic hydroxyl groups excluding tert-OH is 1. The number of ether oxygens (including phenoxy) is 1. The first-order valence-corrected chi connectivity index (χ1v) is 9.86. The fraction of sp³-hybridized carbons (Fsp3) is 0.650. The minimum Gasteiger partial charge on any atom is -0.393 e. The molecule has 2 N–H and O–H groups in total. The van der Waals surface area contributed by atoms with E-state index in [1.54, 1.807) is 13.3 Å². The van der Waals surface area contributed by atoms with Crippen LogP contribution in [-0.2, 0) is 16.0 Å². The van der Waals surface area contributed by atoms with Crippen LogP contribution < -0.4 is 5.32 Å². The zero-order valence-electron chi connectivity index (χ0n) is 16.2. The Kier molecular flexibility index (Phi) is 6.79. The number of aromatic nitrogens is 3. The summed E-state index contributed by atoms with van der Waals surface area (Å²) in [6.07, 6.45) is 6.80. The zero-order valence-corrected chi connectivity index (χ0v) is 16.2. The van der Waals surface area contributed by atoms with Crippen molar-refractivity contribution in [2.75, 3.05) is 13.7 Å². The molecule has 1 atom stereocenters. The maximum atomic E-state index is 12.2. The van der Waals surface area contributed by atoms with E-state index >= 15 is 0 Å². The molecule has 1 saturated carbocycles. The molecule has 1 aliphatic rings. The Hall–Kier alpha value is -1.99. The van der Waals surface area contributed by atoms with Crippen molar-refractivity contribution in [2.45, 2.75) is 70.1 Å². The van der Waals surface area contributed by atoms with E-state index in [1.807, 2.05) is 12.1 Å². The molecule has 148 valence electrons. The third-order valence-electron chi connectivity index (χ3n) is 5.24. The number of carbonyl (C=O) groups excluding carboxylic acids is 1. The van der Waals surface area contributed by atoms with E-state index in [4.69, 9.17) is 9.72 Å². The van der Waals surface area contributed by atoms with E-state index in [-0.39, 0.29) is 24.1 Å². The summed E-state index contributed by atoms with van der Waals surface area (Å²) >= 11 is 0. The fourth-order valence-corrected chi connectivity index (χ4v) is 3.86. The zero-order chi connectivity index (χ0) is 19.2. The molecule has 0 aliphatic heterocycles. The number of imidazole rings is 1. The van der Waals surface area contributed by atoms with Crippen LogP contribution in [0.5, 0.6) is 0 Å². The van der Waals surface area contributed by atoms with E-state index < -0.39 is 0 Å². The quantitative estimate of drug-likeness (QED) is 0.740. The fourth-order valence-electron chi connectivity index (χ4n) is 3.86. The Morgan fingerprint density at radius 2 is 2.19 bits per heavy atom. The van der Waals surface area contributed by atoms with Crippen molar-refractivity contribution in [3.8, 4) is 0 Å². The Bertz CT molecular complexity index is 753. The number of hydrogen-bond acceptors (Lipinski definition) is 5. The summed E-state index contributed by atoms with van der Waals surface area (Å²) in [5, 5.41) is 12.7. The topological polar surface area (TPSA) is 89.3 Å². The normalized spacial score (nSPS) is 21.3. The molecular weight excluding hydrogens is 344 g/mol. The van der Waals surface area contributed by atoms with Crippen molar-refractivity contribution in [1.82, 2.24) is 19.9 Å². The number of hydrogen-bond donors (Lipinski definition) is 2. The highest BCUT2D eigenvalue weighted by Crippen LogP contribution is 2.21. The van der Waals surface area contributed by atoms with Crippen LogP contribution in [0.15, 0.2) is 18.3 Å². The second-order valence-electron chi connectivity index (χ2n) is 7.48. The SMILES string of the molecule is COCC(C)n1c(CCCC(=O)NC2CCC(O)CC2)nc2cccnc21. The Morgan fingerprint density at radius 1 is 1.41 bits per heavy atom. The van der Waals surface area contributed by atoms with Gasteiger partial charge in [-0.2, -0.15) is 0 Å². The number of methoxy groups -OCH3 is 1. The average molecular weight is 374 g/mol. The van der Waals surface area contributed by atoms with Crippen molar-refractivity contribution in [1.29, 1.82) is 0 Å². The van der Waals surface area contributed by atoms with Crippen molar-refractivity contribution in [3.63, 3.8) is 0 Å². The van der Waals surface area contributed by atoms with E-state index in [9.17, 15) is 9.90 Å². The minimum atomic E-state index is -0.200. The third-order valence-corrected chi connectivity index (χ3v) is 5.24. The number of fused-ring (bicyclic) bond motifs is 1. The van der Waals surface area contributed by atoms with Gasteiger partial charge < -0.3 is 19.7 Å². The summed E-state index contributed by atoms with van der Waals surface area (Å²) in [6.45, 7) is 2.68. The molecule has 0 spiro atoms. The molecule has 2 aromatic heterocycles. The van der Waals surface area contributed by atoms with Gasteiger partial charge in [0.25, 0.3) is 0 Å². The number of carbonyl (C=O) groups is 1. The van der Waals surface area contributed by atoms with Gasteiger partial charge in [-0.1, -0.05) is 0 Å². The predicted molar refractivity (Wildman–Crippen MR) is 103 cm³/mol. The van der Waals surface area contributed by atoms with Crippen molar-refractivity contribution in [2.24, 2.45) is 0 Å². The smallest absolute Gasteiger partial charge is 0.220 e. The second kappa shape index (κ2) is 9.28. The first-order valence-electron chi connectivity index (χ1n) is 9.86. The largest absolute Gasteiger partial charge is 0.393 e. The number of amides is 1. The molecule has 0 saturated heterocycles. The summed E-state index contributed by atoms with van der Waals surface area (Å²) in [5.41, 5.74) is 1.74. The van der Waals surface area contributed by atoms with Crippen LogP contribution in [0, 0.1) is 0 Å². The Morgan fingerprint density at radius 3 is 2.93 bits per heavy atom. The Balaban J connectivity index is 1.58. The summed E-state index contributed by atoms with van der Waals surface area (Å²) < 4.78 is 7.43. The van der Waals surface area contributed by atoms with Crippen LogP contribution in [0.2, 0.25) is 0 Å². The Labute approximate surface area is 160 Å². The van der Waals surface area contributed by atoms with Gasteiger partial charge >= 0.3 is 0 Å². The van der Waals surface area contributed by atoms with Crippen LogP contribution in [0.3, 0.4) is 0 Å². The number of rotatable bonds is 8. The maximum absolute atomic E-state index is 12.2. The lowest BCUT2D eigenvalue weighted by atomic mass is 9.93. The summed E-state index contributed by atoms with van der Waals surface area (Å²) in [4.78, 5) is 21.4. The van der Waals surface area contributed by atoms with Gasteiger partial charge in [-0.05, 0) is 51.2 Å². The highest BCUT2D eigenvalue weighted by Gasteiger charge is 2.21. The van der Waals surface area contributed by atoms with E-state index in [0.717, 1.165) is 55.5 Å². The van der Waals surface area contributed by atoms with Gasteiger partial charge in [0.1, 0.15) is 11.3 Å². The molecule has 1 fully saturated rings. The molecule has 2 heterocycles. The lowest BCUT2D eigenvalue weighted by Crippen LogP contribution is -2.38. The highest BCUT2D eigenvalue weighted by molar-refractivity contribution is 5.76. The summed E-state index contributed by atoms with van der Waals surface area (Å²) in [7, 11) is 1.69. The van der Waals surface area contributed by atoms with Gasteiger partial charge in [-0.15, -0.1) is 0 Å². The van der Waals surface area contributed by atoms with Crippen molar-refractivity contribution >= 4 is 17.1 Å². The molecule has 1 aliphatic carbocycles. The molecule has 27 heavy (non-hydrogen) atoms. The molecule has 0 aromatic carbocycles. The van der Waals surface area contributed by atoms with Gasteiger partial charge in [0.2, 0.25) is 5.91 Å². The molecule has 3 rings (SSSR count). The number of aliphatic hydroxyl groups is 1. The molecule has 1 unspecified atom stereocenters. The highest BCUT2D eigenvalue weighted by atomic mass is 16.5. The number of nitrogens with one attached hydrogen (secondary N) is 1. The van der Waals surface area contributed by atoms with E-state index in [2.05, 4.69) is 21.8 Å². The molecular formula is C20H30N4O3. The summed E-state index contributed by atoms with van der Waals surface area (Å²) in [6, 6.07) is 4.19. The van der Waals surface area contributed by atoms with Crippen LogP contribution in [-0.4, -0.2) is 51.4 Å². The maximum Gasteiger partial charge on any atom is 0.220 e. The van der Waals surface area contributed by atoms with Gasteiger partial charge in [-0.3, -0.25) is 4.79 Å². The average Bonchev–Trinajstić information content (AvgIpc) is 3.02. The summed E-state index contributed by atoms with van der Waals surface area (Å²) in [5.74, 6) is 1.03. The predicted octanol–water partition coefficient (Wildman–Crippen LogP) is 2.38. The first kappa shape index (κ1) is 19.8. The molecule has 1 amide bonds. The van der Waals surface area contributed by atoms with Crippen molar-refractivity contribution < 1.29 is 14.6 Å². The van der Waals surface area contributed by atoms with Gasteiger partial charge in [-0.25, -0.2) is 9.97 Å². The van der Waals surface area contributed by atoms with Gasteiger partial charge in [0, 0.05) is 32.2 Å². The van der Waals surface area contributed by atoms with Crippen LogP contribution in [0.1, 0.15) is 57.3 Å². The van der Waals surface area contributed by atoms with Gasteiger partial charge in [0.05, 0.1) is 18.8 Å². The number of nitrogens with zero attached hydrogens (tertiary/aromatic N) is 3. The lowest BCUT2D eigenvalue weighted by Gasteiger charge is -2.26. The lowest BCUT2D eigenvalue weighted by molar-refractivity contribution is -0.122.